The molecule has 5 rings (SSSR count). The van der Waals surface area contributed by atoms with Crippen molar-refractivity contribution in [1.29, 1.82) is 0 Å². The number of aliphatic hydroxyl groups is 1. The second-order valence-corrected chi connectivity index (χ2v) is 13.2. The second-order valence-electron chi connectivity index (χ2n) is 11.2. The third-order valence-electron chi connectivity index (χ3n) is 8.36. The number of pyridine rings is 1. The number of carbonyl (C=O) groups excluding carboxylic acids is 1. The molecule has 2 atom stereocenters. The van der Waals surface area contributed by atoms with Crippen LogP contribution < -0.4 is 10.1 Å². The predicted molar refractivity (Wildman–Crippen MR) is 171 cm³/mol. The first-order valence-corrected chi connectivity index (χ1v) is 16.6. The summed E-state index contributed by atoms with van der Waals surface area (Å²) in [7, 11) is -3.38. The summed E-state index contributed by atoms with van der Waals surface area (Å²) < 4.78 is 32.7. The van der Waals surface area contributed by atoms with Gasteiger partial charge in [-0.2, -0.15) is 4.31 Å². The van der Waals surface area contributed by atoms with Crippen LogP contribution in [0.5, 0.6) is 5.88 Å². The number of hydrogen-bond donors (Lipinski definition) is 4. The maximum Gasteiger partial charge on any atom is 0.239 e. The Morgan fingerprint density at radius 2 is 2.00 bits per heavy atom. The number of nitrogens with zero attached hydrogens (tertiary/aromatic N) is 5. The monoisotopic (exact) mass is 622 g/mol. The van der Waals surface area contributed by atoms with Gasteiger partial charge in [0.1, 0.15) is 16.5 Å². The Morgan fingerprint density at radius 1 is 1.18 bits per heavy atom. The van der Waals surface area contributed by atoms with Crippen molar-refractivity contribution in [2.24, 2.45) is 0 Å². The number of rotatable bonds is 11. The number of aromatic nitrogens is 4. The van der Waals surface area contributed by atoms with Crippen LogP contribution in [0.3, 0.4) is 0 Å². The van der Waals surface area contributed by atoms with Gasteiger partial charge in [-0.3, -0.25) is 13.9 Å². The van der Waals surface area contributed by atoms with Crippen LogP contribution in [-0.2, 0) is 17.9 Å². The zero-order valence-corrected chi connectivity index (χ0v) is 26.5. The molecule has 3 heterocycles. The standard InChI is InChI=1S/C32H42N6O5S/c1-5-25-20-37(44(41,42)29-9-7-14-34-32(29)43-25)19-24-17-23(11-10-21(24)3)27(18-30(40)33-15-8-16-39)26-12-13-28-31(22(26)4)35-36-38(28)6-2/h7,9-14,17,25,27,39,41-42H,5-6,8,15-16,18-20H2,1-4H3,(H,33,40). The van der Waals surface area contributed by atoms with Gasteiger partial charge in [-0.1, -0.05) is 36.4 Å². The van der Waals surface area contributed by atoms with E-state index in [1.165, 1.54) is 0 Å². The number of hydrogen-bond acceptors (Lipinski definition) is 9. The summed E-state index contributed by atoms with van der Waals surface area (Å²) in [6.45, 7) is 9.74. The number of nitrogens with one attached hydrogen (secondary N) is 1. The smallest absolute Gasteiger partial charge is 0.239 e. The molecule has 2 aromatic heterocycles. The van der Waals surface area contributed by atoms with Crippen molar-refractivity contribution in [2.75, 3.05) is 19.7 Å². The molecular weight excluding hydrogens is 580 g/mol. The Bertz CT molecular complexity index is 1630. The number of aliphatic hydroxyl groups excluding tert-OH is 1. The highest BCUT2D eigenvalue weighted by molar-refractivity contribution is 8.22. The molecule has 44 heavy (non-hydrogen) atoms. The summed E-state index contributed by atoms with van der Waals surface area (Å²) in [6, 6.07) is 13.5. The number of benzene rings is 2. The average Bonchev–Trinajstić information content (AvgIpc) is 3.40. The van der Waals surface area contributed by atoms with Crippen molar-refractivity contribution in [3.63, 3.8) is 0 Å². The van der Waals surface area contributed by atoms with Crippen molar-refractivity contribution in [1.82, 2.24) is 29.6 Å². The van der Waals surface area contributed by atoms with E-state index in [1.807, 2.05) is 50.6 Å². The maximum atomic E-state index is 13.2. The first-order valence-electron chi connectivity index (χ1n) is 15.1. The van der Waals surface area contributed by atoms with Gasteiger partial charge in [0.25, 0.3) is 0 Å². The van der Waals surface area contributed by atoms with E-state index >= 15 is 0 Å². The van der Waals surface area contributed by atoms with E-state index in [2.05, 4.69) is 32.7 Å². The van der Waals surface area contributed by atoms with E-state index in [0.717, 1.165) is 38.9 Å². The van der Waals surface area contributed by atoms with Crippen LogP contribution in [-0.4, -0.2) is 70.2 Å². The fraction of sp³-hybridized carbons (Fsp3) is 0.438. The summed E-state index contributed by atoms with van der Waals surface area (Å²) in [4.78, 5) is 17.7. The molecular formula is C32H42N6O5S. The van der Waals surface area contributed by atoms with Crippen molar-refractivity contribution < 1.29 is 23.7 Å². The third-order valence-corrected chi connectivity index (χ3v) is 10.3. The molecule has 1 aliphatic heterocycles. The Hall–Kier alpha value is -3.55. The number of carbonyl (C=O) groups is 1. The summed E-state index contributed by atoms with van der Waals surface area (Å²) in [5, 5.41) is 20.9. The number of amides is 1. The van der Waals surface area contributed by atoms with Crippen LogP contribution in [0.15, 0.2) is 53.6 Å². The highest BCUT2D eigenvalue weighted by Crippen LogP contribution is 2.57. The highest BCUT2D eigenvalue weighted by atomic mass is 32.3. The van der Waals surface area contributed by atoms with Gasteiger partial charge in [-0.25, -0.2) is 9.67 Å². The van der Waals surface area contributed by atoms with Crippen molar-refractivity contribution in [3.8, 4) is 5.88 Å². The van der Waals surface area contributed by atoms with Crippen LogP contribution in [0.25, 0.3) is 11.0 Å². The maximum absolute atomic E-state index is 13.2. The lowest BCUT2D eigenvalue weighted by atomic mass is 9.84. The molecule has 0 aliphatic carbocycles. The zero-order valence-electron chi connectivity index (χ0n) is 25.7. The van der Waals surface area contributed by atoms with Gasteiger partial charge in [0.15, 0.2) is 0 Å². The molecule has 1 amide bonds. The molecule has 4 N–H and O–H groups in total. The van der Waals surface area contributed by atoms with E-state index < -0.39 is 10.8 Å². The third kappa shape index (κ3) is 6.45. The molecule has 4 aromatic rings. The SMILES string of the molecule is CCC1CN(Cc2cc(C(CC(=O)NCCCO)c3ccc4c(nnn4CC)c3C)ccc2C)S(O)(O)c2cccnc2O1. The molecule has 0 spiro atoms. The van der Waals surface area contributed by atoms with Crippen molar-refractivity contribution in [3.05, 3.63) is 76.5 Å². The van der Waals surface area contributed by atoms with E-state index in [4.69, 9.17) is 4.74 Å². The minimum atomic E-state index is -3.38. The van der Waals surface area contributed by atoms with Crippen molar-refractivity contribution in [2.45, 2.75) is 77.0 Å². The molecule has 0 saturated carbocycles. The predicted octanol–water partition coefficient (Wildman–Crippen LogP) is 5.18. The number of ether oxygens (including phenoxy) is 1. The van der Waals surface area contributed by atoms with Gasteiger partial charge in [0, 0.05) is 44.8 Å². The van der Waals surface area contributed by atoms with E-state index in [0.29, 0.717) is 32.5 Å². The molecule has 0 bridgehead atoms. The molecule has 1 aliphatic rings. The van der Waals surface area contributed by atoms with Crippen LogP contribution in [0.2, 0.25) is 0 Å². The Kier molecular flexibility index (Phi) is 9.86. The summed E-state index contributed by atoms with van der Waals surface area (Å²) >= 11 is 0. The first kappa shape index (κ1) is 31.9. The van der Waals surface area contributed by atoms with Gasteiger partial charge in [0.05, 0.1) is 12.1 Å². The zero-order chi connectivity index (χ0) is 31.4. The normalized spacial score (nSPS) is 17.8. The van der Waals surface area contributed by atoms with Gasteiger partial charge in [-0.15, -0.1) is 15.9 Å². The molecule has 2 unspecified atom stereocenters. The van der Waals surface area contributed by atoms with E-state index in [-0.39, 0.29) is 48.3 Å². The molecule has 2 aromatic carbocycles. The lowest BCUT2D eigenvalue weighted by Crippen LogP contribution is -2.34. The van der Waals surface area contributed by atoms with E-state index in [9.17, 15) is 19.0 Å². The Balaban J connectivity index is 1.53. The molecule has 236 valence electrons. The summed E-state index contributed by atoms with van der Waals surface area (Å²) in [6.07, 6.45) is 2.69. The first-order chi connectivity index (χ1) is 21.2. The van der Waals surface area contributed by atoms with Gasteiger partial charge < -0.3 is 15.2 Å². The average molecular weight is 623 g/mol. The van der Waals surface area contributed by atoms with Crippen LogP contribution in [0, 0.1) is 13.8 Å². The van der Waals surface area contributed by atoms with Gasteiger partial charge in [-0.05, 0) is 79.6 Å². The topological polar surface area (TPSA) is 146 Å². The fourth-order valence-corrected chi connectivity index (χ4v) is 7.31. The molecule has 0 fully saturated rings. The lowest BCUT2D eigenvalue weighted by molar-refractivity contribution is -0.121. The fourth-order valence-electron chi connectivity index (χ4n) is 5.74. The van der Waals surface area contributed by atoms with Crippen LogP contribution >= 0.6 is 10.8 Å². The minimum Gasteiger partial charge on any atom is -0.472 e. The largest absolute Gasteiger partial charge is 0.472 e. The van der Waals surface area contributed by atoms with Crippen LogP contribution in [0.1, 0.15) is 66.8 Å². The highest BCUT2D eigenvalue weighted by Gasteiger charge is 2.36. The molecule has 11 nitrogen and oxygen atoms in total. The molecule has 12 heteroatoms. The van der Waals surface area contributed by atoms with Gasteiger partial charge in [0.2, 0.25) is 11.8 Å². The summed E-state index contributed by atoms with van der Waals surface area (Å²) in [5.74, 6) is -0.151. The van der Waals surface area contributed by atoms with Crippen LogP contribution in [0.4, 0.5) is 0 Å². The van der Waals surface area contributed by atoms with Crippen molar-refractivity contribution >= 4 is 27.7 Å². The molecule has 0 saturated heterocycles. The Labute approximate surface area is 259 Å². The Morgan fingerprint density at radius 3 is 2.75 bits per heavy atom. The molecule has 0 radical (unpaired) electrons. The van der Waals surface area contributed by atoms with Gasteiger partial charge >= 0.3 is 0 Å². The lowest BCUT2D eigenvalue weighted by Gasteiger charge is -2.41. The van der Waals surface area contributed by atoms with E-state index in [1.54, 1.807) is 22.6 Å². The second kappa shape index (κ2) is 13.6. The number of aryl methyl sites for hydroxylation is 3. The number of fused-ring (bicyclic) bond motifs is 2. The summed E-state index contributed by atoms with van der Waals surface area (Å²) in [5.41, 5.74) is 6.54. The minimum absolute atomic E-state index is 0.00799. The quantitative estimate of drug-likeness (QED) is 0.166.